The molecule has 1 aliphatic heterocycles. The van der Waals surface area contributed by atoms with Crippen LogP contribution in [-0.2, 0) is 0 Å². The van der Waals surface area contributed by atoms with Crippen LogP contribution in [0.1, 0.15) is 24.3 Å². The topological polar surface area (TPSA) is 53.9 Å². The molecule has 5 nitrogen and oxygen atoms in total. The smallest absolute Gasteiger partial charge is 0.154 e. The predicted octanol–water partition coefficient (Wildman–Crippen LogP) is 4.14. The maximum absolute atomic E-state index is 4.73. The van der Waals surface area contributed by atoms with Crippen LogP contribution >= 0.6 is 8.73 Å². The number of nitrogens with one attached hydrogen (secondary N) is 1. The molecule has 3 aromatic rings. The molecule has 1 aliphatic rings. The first-order valence-electron chi connectivity index (χ1n) is 9.10. The minimum Gasteiger partial charge on any atom is -0.371 e. The van der Waals surface area contributed by atoms with E-state index >= 15 is 0 Å². The van der Waals surface area contributed by atoms with E-state index in [1.807, 2.05) is 13.1 Å². The fraction of sp³-hybridized carbons (Fsp3) is 0.350. The molecule has 134 valence electrons. The highest BCUT2D eigenvalue weighted by molar-refractivity contribution is 7.34. The zero-order valence-corrected chi connectivity index (χ0v) is 16.2. The van der Waals surface area contributed by atoms with E-state index in [9.17, 15) is 0 Å². The minimum absolute atomic E-state index is 0.681. The van der Waals surface area contributed by atoms with Crippen molar-refractivity contribution in [3.63, 3.8) is 0 Å². The van der Waals surface area contributed by atoms with Crippen molar-refractivity contribution >= 4 is 25.6 Å². The number of pyridine rings is 1. The van der Waals surface area contributed by atoms with Gasteiger partial charge >= 0.3 is 0 Å². The molecule has 0 radical (unpaired) electrons. The van der Waals surface area contributed by atoms with Crippen molar-refractivity contribution in [3.05, 3.63) is 48.3 Å². The molecular formula is C20H24N5P. The van der Waals surface area contributed by atoms with Crippen LogP contribution in [0.15, 0.2) is 42.7 Å². The number of nitrogens with zero attached hydrogens (tertiary/aromatic N) is 4. The molecule has 0 amide bonds. The summed E-state index contributed by atoms with van der Waals surface area (Å²) in [5, 5.41) is 3.14. The standard InChI is InChI=1S/C20H24N5P/c1-21-20-19-18(22-9-10-23-19)13-17(24-20)16-5-3-14(4-6-16)15-7-11-25(26-2)12-8-15/h3-6,9-10,13,15,26H,7-8,11-12H2,1-2H3,(H,21,24). The Morgan fingerprint density at radius 2 is 1.81 bits per heavy atom. The Hall–Kier alpha value is -2.10. The number of anilines is 1. The van der Waals surface area contributed by atoms with E-state index in [0.29, 0.717) is 5.92 Å². The summed E-state index contributed by atoms with van der Waals surface area (Å²) in [5.41, 5.74) is 5.15. The summed E-state index contributed by atoms with van der Waals surface area (Å²) in [7, 11) is 2.80. The maximum Gasteiger partial charge on any atom is 0.154 e. The van der Waals surface area contributed by atoms with Crippen LogP contribution in [0.5, 0.6) is 0 Å². The summed E-state index contributed by atoms with van der Waals surface area (Å²) < 4.78 is 2.56. The summed E-state index contributed by atoms with van der Waals surface area (Å²) >= 11 is 0. The molecule has 1 saturated heterocycles. The number of benzene rings is 1. The molecule has 3 heterocycles. The lowest BCUT2D eigenvalue weighted by Crippen LogP contribution is -2.26. The van der Waals surface area contributed by atoms with Crippen LogP contribution in [0, 0.1) is 0 Å². The summed E-state index contributed by atoms with van der Waals surface area (Å²) in [4.78, 5) is 13.6. The minimum atomic E-state index is 0.681. The first-order chi connectivity index (χ1) is 12.8. The fourth-order valence-electron chi connectivity index (χ4n) is 3.66. The van der Waals surface area contributed by atoms with Crippen LogP contribution in [0.4, 0.5) is 5.82 Å². The molecule has 4 rings (SSSR count). The van der Waals surface area contributed by atoms with Crippen molar-refractivity contribution in [2.45, 2.75) is 18.8 Å². The van der Waals surface area contributed by atoms with Gasteiger partial charge in [0.15, 0.2) is 5.82 Å². The predicted molar refractivity (Wildman–Crippen MR) is 110 cm³/mol. The third kappa shape index (κ3) is 3.42. The van der Waals surface area contributed by atoms with Crippen molar-refractivity contribution in [2.24, 2.45) is 0 Å². The Labute approximate surface area is 156 Å². The van der Waals surface area contributed by atoms with E-state index < -0.39 is 0 Å². The molecule has 1 N–H and O–H groups in total. The quantitative estimate of drug-likeness (QED) is 0.705. The van der Waals surface area contributed by atoms with Crippen LogP contribution in [0.25, 0.3) is 22.3 Å². The first kappa shape index (κ1) is 17.3. The van der Waals surface area contributed by atoms with E-state index in [1.54, 1.807) is 12.4 Å². The molecule has 1 atom stereocenters. The van der Waals surface area contributed by atoms with Gasteiger partial charge in [-0.25, -0.2) is 9.97 Å². The molecule has 6 heteroatoms. The van der Waals surface area contributed by atoms with Crippen molar-refractivity contribution in [1.29, 1.82) is 0 Å². The number of hydrogen-bond donors (Lipinski definition) is 1. The second kappa shape index (κ2) is 7.65. The van der Waals surface area contributed by atoms with Crippen LogP contribution in [0.2, 0.25) is 0 Å². The van der Waals surface area contributed by atoms with Crippen LogP contribution < -0.4 is 5.32 Å². The Morgan fingerprint density at radius 3 is 2.50 bits per heavy atom. The van der Waals surface area contributed by atoms with Gasteiger partial charge in [-0.05, 0) is 37.1 Å². The summed E-state index contributed by atoms with van der Waals surface area (Å²) in [5.74, 6) is 1.45. The molecule has 0 aliphatic carbocycles. The summed E-state index contributed by atoms with van der Waals surface area (Å²) in [6, 6.07) is 10.9. The summed E-state index contributed by atoms with van der Waals surface area (Å²) in [6.07, 6.45) is 5.93. The molecule has 0 bridgehead atoms. The van der Waals surface area contributed by atoms with Gasteiger partial charge in [0.1, 0.15) is 5.52 Å². The largest absolute Gasteiger partial charge is 0.371 e. The van der Waals surface area contributed by atoms with Gasteiger partial charge in [0.05, 0.1) is 11.2 Å². The van der Waals surface area contributed by atoms with Gasteiger partial charge in [-0.3, -0.25) is 9.65 Å². The summed E-state index contributed by atoms with van der Waals surface area (Å²) in [6.45, 7) is 4.71. The normalized spacial score (nSPS) is 16.5. The number of hydrogen-bond acceptors (Lipinski definition) is 5. The zero-order chi connectivity index (χ0) is 17.9. The molecule has 1 fully saturated rings. The lowest BCUT2D eigenvalue weighted by molar-refractivity contribution is 0.342. The molecule has 2 aromatic heterocycles. The van der Waals surface area contributed by atoms with Crippen LogP contribution in [0.3, 0.4) is 0 Å². The highest BCUT2D eigenvalue weighted by Gasteiger charge is 2.19. The first-order valence-corrected chi connectivity index (χ1v) is 10.6. The molecule has 1 aromatic carbocycles. The lowest BCUT2D eigenvalue weighted by Gasteiger charge is -2.31. The molecule has 0 spiro atoms. The monoisotopic (exact) mass is 365 g/mol. The average Bonchev–Trinajstić information content (AvgIpc) is 2.73. The molecular weight excluding hydrogens is 341 g/mol. The fourth-order valence-corrected chi connectivity index (χ4v) is 4.36. The van der Waals surface area contributed by atoms with Gasteiger partial charge in [0.25, 0.3) is 0 Å². The van der Waals surface area contributed by atoms with Gasteiger partial charge in [-0.1, -0.05) is 33.0 Å². The lowest BCUT2D eigenvalue weighted by atomic mass is 9.89. The van der Waals surface area contributed by atoms with Gasteiger partial charge < -0.3 is 5.32 Å². The third-order valence-electron chi connectivity index (χ3n) is 5.18. The SMILES string of the molecule is CNc1nc(-c2ccc(C3CCN(PC)CC3)cc2)cc2nccnc12. The van der Waals surface area contributed by atoms with Crippen molar-refractivity contribution in [1.82, 2.24) is 19.6 Å². The number of aromatic nitrogens is 3. The van der Waals surface area contributed by atoms with E-state index in [-0.39, 0.29) is 0 Å². The van der Waals surface area contributed by atoms with Gasteiger partial charge in [-0.15, -0.1) is 0 Å². The van der Waals surface area contributed by atoms with Gasteiger partial charge in [0, 0.05) is 38.1 Å². The molecule has 1 unspecified atom stereocenters. The Balaban J connectivity index is 1.60. The van der Waals surface area contributed by atoms with Crippen molar-refractivity contribution in [2.75, 3.05) is 32.1 Å². The van der Waals surface area contributed by atoms with E-state index in [4.69, 9.17) is 4.98 Å². The number of rotatable bonds is 4. The van der Waals surface area contributed by atoms with Gasteiger partial charge in [-0.2, -0.15) is 0 Å². The Bertz CT molecular complexity index is 888. The number of piperidine rings is 1. The number of fused-ring (bicyclic) bond motifs is 1. The molecule has 26 heavy (non-hydrogen) atoms. The maximum atomic E-state index is 4.73. The van der Waals surface area contributed by atoms with Gasteiger partial charge in [0.2, 0.25) is 0 Å². The van der Waals surface area contributed by atoms with E-state index in [0.717, 1.165) is 36.8 Å². The second-order valence-corrected chi connectivity index (χ2v) is 7.72. The van der Waals surface area contributed by atoms with Crippen molar-refractivity contribution < 1.29 is 0 Å². The second-order valence-electron chi connectivity index (χ2n) is 6.64. The average molecular weight is 365 g/mol. The molecule has 0 saturated carbocycles. The highest BCUT2D eigenvalue weighted by Crippen LogP contribution is 2.33. The Kier molecular flexibility index (Phi) is 5.09. The van der Waals surface area contributed by atoms with E-state index in [1.165, 1.54) is 31.5 Å². The third-order valence-corrected chi connectivity index (χ3v) is 6.26. The zero-order valence-electron chi connectivity index (χ0n) is 15.2. The van der Waals surface area contributed by atoms with Crippen LogP contribution in [-0.4, -0.2) is 46.4 Å². The van der Waals surface area contributed by atoms with Crippen molar-refractivity contribution in [3.8, 4) is 11.3 Å². The Morgan fingerprint density at radius 1 is 1.08 bits per heavy atom. The van der Waals surface area contributed by atoms with E-state index in [2.05, 4.69) is 50.9 Å². The highest BCUT2D eigenvalue weighted by atomic mass is 31.1.